The van der Waals surface area contributed by atoms with Gasteiger partial charge in [0.25, 0.3) is 0 Å². The second kappa shape index (κ2) is 1.97. The van der Waals surface area contributed by atoms with Crippen LogP contribution in [0.4, 0.5) is 0 Å². The molecule has 0 saturated carbocycles. The first-order valence-corrected chi connectivity index (χ1v) is 5.06. The van der Waals surface area contributed by atoms with Crippen molar-refractivity contribution in [3.8, 4) is 0 Å². The van der Waals surface area contributed by atoms with Crippen LogP contribution in [0.2, 0.25) is 0 Å². The van der Waals surface area contributed by atoms with Crippen molar-refractivity contribution in [1.82, 2.24) is 5.09 Å². The van der Waals surface area contributed by atoms with E-state index in [1.807, 2.05) is 0 Å². The lowest BCUT2D eigenvalue weighted by Gasteiger charge is -1.94. The molecule has 0 radical (unpaired) electrons. The second-order valence-corrected chi connectivity index (χ2v) is 5.06. The van der Waals surface area contributed by atoms with Gasteiger partial charge in [-0.3, -0.25) is 5.09 Å². The van der Waals surface area contributed by atoms with Gasteiger partial charge in [-0.1, -0.05) is 6.42 Å². The molecule has 0 aromatic carbocycles. The van der Waals surface area contributed by atoms with Crippen LogP contribution in [0.5, 0.6) is 0 Å². The lowest BCUT2D eigenvalue weighted by atomic mass is 10.2. The maximum atomic E-state index is 3.58. The molecule has 2 fully saturated rings. The Hall–Kier alpha value is 0.390. The second-order valence-electron chi connectivity index (χ2n) is 2.71. The Morgan fingerprint density at radius 2 is 2.38 bits per heavy atom. The van der Waals surface area contributed by atoms with Crippen molar-refractivity contribution in [3.63, 3.8) is 0 Å². The van der Waals surface area contributed by atoms with E-state index in [0.717, 1.165) is 5.66 Å². The highest BCUT2D eigenvalue weighted by Gasteiger charge is 2.36. The van der Waals surface area contributed by atoms with Gasteiger partial charge in [0.1, 0.15) is 0 Å². The monoisotopic (exact) mass is 129 g/mol. The maximum Gasteiger partial charge on any atom is -0.000986 e. The van der Waals surface area contributed by atoms with Gasteiger partial charge in [0.2, 0.25) is 0 Å². The van der Waals surface area contributed by atoms with Gasteiger partial charge < -0.3 is 0 Å². The summed E-state index contributed by atoms with van der Waals surface area (Å²) in [5.74, 6) is 0. The van der Waals surface area contributed by atoms with E-state index in [9.17, 15) is 0 Å². The molecular formula is C6H12NP. The minimum atomic E-state index is 0.398. The van der Waals surface area contributed by atoms with Crippen molar-refractivity contribution in [3.05, 3.63) is 0 Å². The molecule has 0 aromatic rings. The standard InChI is InChI=1S/C6H12NP/c1-2-4-7-8-5-6(8)3-1/h6-7H,1-5H2. The molecule has 0 bridgehead atoms. The summed E-state index contributed by atoms with van der Waals surface area (Å²) in [4.78, 5) is 0. The van der Waals surface area contributed by atoms with Gasteiger partial charge in [0.05, 0.1) is 0 Å². The molecule has 0 amide bonds. The van der Waals surface area contributed by atoms with Crippen LogP contribution in [-0.4, -0.2) is 18.4 Å². The van der Waals surface area contributed by atoms with E-state index in [4.69, 9.17) is 0 Å². The third-order valence-electron chi connectivity index (χ3n) is 1.99. The number of rotatable bonds is 0. The Morgan fingerprint density at radius 3 is 3.38 bits per heavy atom. The van der Waals surface area contributed by atoms with E-state index in [-0.39, 0.29) is 0 Å². The highest BCUT2D eigenvalue weighted by atomic mass is 31.1. The Bertz CT molecular complexity index is 84.5. The summed E-state index contributed by atoms with van der Waals surface area (Å²) < 4.78 is 0. The first-order valence-electron chi connectivity index (χ1n) is 3.47. The van der Waals surface area contributed by atoms with Crippen LogP contribution in [0.3, 0.4) is 0 Å². The van der Waals surface area contributed by atoms with Crippen LogP contribution in [0, 0.1) is 0 Å². The van der Waals surface area contributed by atoms with Gasteiger partial charge in [-0.05, 0) is 39.3 Å². The summed E-state index contributed by atoms with van der Waals surface area (Å²) in [6, 6.07) is 0. The normalized spacial score (nSPS) is 45.0. The van der Waals surface area contributed by atoms with Crippen LogP contribution in [0.15, 0.2) is 0 Å². The first kappa shape index (κ1) is 5.20. The summed E-state index contributed by atoms with van der Waals surface area (Å²) in [5, 5.41) is 3.58. The summed E-state index contributed by atoms with van der Waals surface area (Å²) in [6.45, 7) is 1.31. The van der Waals surface area contributed by atoms with Crippen molar-refractivity contribution in [1.29, 1.82) is 0 Å². The molecule has 2 aliphatic heterocycles. The molecule has 0 aliphatic carbocycles. The molecule has 1 nitrogen and oxygen atoms in total. The lowest BCUT2D eigenvalue weighted by molar-refractivity contribution is 0.701. The minimum Gasteiger partial charge on any atom is -0.295 e. The minimum absolute atomic E-state index is 0.398. The quantitative estimate of drug-likeness (QED) is 0.489. The molecule has 2 atom stereocenters. The van der Waals surface area contributed by atoms with Crippen molar-refractivity contribution in [2.24, 2.45) is 0 Å². The average molecular weight is 129 g/mol. The average Bonchev–Trinajstić information content (AvgIpc) is 2.36. The predicted octanol–water partition coefficient (Wildman–Crippen LogP) is 1.54. The van der Waals surface area contributed by atoms with Gasteiger partial charge in [-0.2, -0.15) is 0 Å². The molecule has 2 heteroatoms. The van der Waals surface area contributed by atoms with Gasteiger partial charge in [0.15, 0.2) is 0 Å². The van der Waals surface area contributed by atoms with E-state index in [2.05, 4.69) is 5.09 Å². The van der Waals surface area contributed by atoms with Crippen molar-refractivity contribution in [2.75, 3.05) is 12.7 Å². The van der Waals surface area contributed by atoms with Crippen LogP contribution in [0.1, 0.15) is 19.3 Å². The zero-order valence-corrected chi connectivity index (χ0v) is 5.95. The third-order valence-corrected chi connectivity index (χ3v) is 4.31. The molecule has 0 aromatic heterocycles. The van der Waals surface area contributed by atoms with Gasteiger partial charge >= 0.3 is 0 Å². The van der Waals surface area contributed by atoms with Crippen LogP contribution >= 0.6 is 8.07 Å². The summed E-state index contributed by atoms with van der Waals surface area (Å²) in [5.41, 5.74) is 1.15. The summed E-state index contributed by atoms with van der Waals surface area (Å²) in [6.07, 6.45) is 5.97. The fraction of sp³-hybridized carbons (Fsp3) is 1.00. The highest BCUT2D eigenvalue weighted by molar-refractivity contribution is 7.64. The topological polar surface area (TPSA) is 12.0 Å². The van der Waals surface area contributed by atoms with E-state index < -0.39 is 0 Å². The SMILES string of the molecule is C1CCC2CP2NC1. The molecule has 2 aliphatic rings. The zero-order valence-electron chi connectivity index (χ0n) is 5.06. The van der Waals surface area contributed by atoms with E-state index >= 15 is 0 Å². The Kier molecular flexibility index (Phi) is 1.28. The molecule has 2 saturated heterocycles. The molecule has 2 unspecified atom stereocenters. The van der Waals surface area contributed by atoms with Crippen molar-refractivity contribution in [2.45, 2.75) is 24.9 Å². The number of hydrogen-bond acceptors (Lipinski definition) is 1. The largest absolute Gasteiger partial charge is 0.295 e. The molecule has 2 heterocycles. The van der Waals surface area contributed by atoms with Crippen LogP contribution in [0.25, 0.3) is 0 Å². The fourth-order valence-electron chi connectivity index (χ4n) is 1.35. The molecule has 2 rings (SSSR count). The maximum absolute atomic E-state index is 3.58. The van der Waals surface area contributed by atoms with Crippen LogP contribution in [-0.2, 0) is 0 Å². The summed E-state index contributed by atoms with van der Waals surface area (Å²) >= 11 is 0. The van der Waals surface area contributed by atoms with Gasteiger partial charge in [-0.25, -0.2) is 0 Å². The first-order chi connectivity index (χ1) is 3.97. The Balaban J connectivity index is 1.89. The molecule has 46 valence electrons. The van der Waals surface area contributed by atoms with Gasteiger partial charge in [0, 0.05) is 0 Å². The zero-order chi connectivity index (χ0) is 5.40. The Labute approximate surface area is 51.7 Å². The molecule has 0 spiro atoms. The smallest absolute Gasteiger partial charge is 0.000986 e. The molecule has 8 heavy (non-hydrogen) atoms. The van der Waals surface area contributed by atoms with Crippen LogP contribution < -0.4 is 5.09 Å². The van der Waals surface area contributed by atoms with Crippen molar-refractivity contribution < 1.29 is 0 Å². The van der Waals surface area contributed by atoms with E-state index in [1.165, 1.54) is 32.0 Å². The summed E-state index contributed by atoms with van der Waals surface area (Å²) in [7, 11) is 0.398. The van der Waals surface area contributed by atoms with E-state index in [1.54, 1.807) is 0 Å². The lowest BCUT2D eigenvalue weighted by Crippen LogP contribution is -2.01. The number of fused-ring (bicyclic) bond motifs is 1. The third kappa shape index (κ3) is 0.897. The molecule has 1 N–H and O–H groups in total. The van der Waals surface area contributed by atoms with Gasteiger partial charge in [-0.15, -0.1) is 0 Å². The van der Waals surface area contributed by atoms with E-state index in [0.29, 0.717) is 8.07 Å². The number of hydrogen-bond donors (Lipinski definition) is 1. The molecular weight excluding hydrogens is 117 g/mol. The fourth-order valence-corrected chi connectivity index (χ4v) is 3.46. The predicted molar refractivity (Wildman–Crippen MR) is 37.4 cm³/mol. The van der Waals surface area contributed by atoms with Crippen molar-refractivity contribution >= 4 is 8.07 Å². The number of nitrogens with one attached hydrogen (secondary N) is 1. The highest BCUT2D eigenvalue weighted by Crippen LogP contribution is 2.58. The Morgan fingerprint density at radius 1 is 1.38 bits per heavy atom.